The number of hydrogen-bond donors (Lipinski definition) is 1. The van der Waals surface area contributed by atoms with Gasteiger partial charge in [0.2, 0.25) is 0 Å². The lowest BCUT2D eigenvalue weighted by Crippen LogP contribution is -2.42. The van der Waals surface area contributed by atoms with E-state index in [4.69, 9.17) is 16.3 Å². The smallest absolute Gasteiger partial charge is 0.138 e. The molecule has 3 heteroatoms. The monoisotopic (exact) mass is 313 g/mol. The van der Waals surface area contributed by atoms with Crippen molar-refractivity contribution in [3.63, 3.8) is 0 Å². The van der Waals surface area contributed by atoms with E-state index in [1.165, 1.54) is 18.4 Å². The number of ether oxygens (including phenoxy) is 1. The fraction of sp³-hybridized carbons (Fsp3) is 0.368. The normalized spacial score (nSPS) is 26.9. The van der Waals surface area contributed by atoms with E-state index in [9.17, 15) is 0 Å². The summed E-state index contributed by atoms with van der Waals surface area (Å²) < 4.78 is 6.26. The lowest BCUT2D eigenvalue weighted by molar-refractivity contribution is 0.137. The van der Waals surface area contributed by atoms with E-state index in [1.807, 2.05) is 12.1 Å². The minimum Gasteiger partial charge on any atom is -0.489 e. The third-order valence-corrected chi connectivity index (χ3v) is 5.07. The molecule has 4 rings (SSSR count). The van der Waals surface area contributed by atoms with Crippen LogP contribution in [0.2, 0.25) is 5.02 Å². The first-order valence-corrected chi connectivity index (χ1v) is 8.43. The van der Waals surface area contributed by atoms with Crippen LogP contribution in [-0.4, -0.2) is 18.2 Å². The summed E-state index contributed by atoms with van der Waals surface area (Å²) in [5.74, 6) is 0.814. The van der Waals surface area contributed by atoms with Crippen molar-refractivity contribution < 1.29 is 4.74 Å². The fourth-order valence-corrected chi connectivity index (χ4v) is 3.85. The van der Waals surface area contributed by atoms with Gasteiger partial charge >= 0.3 is 0 Å². The quantitative estimate of drug-likeness (QED) is 0.889. The molecule has 3 atom stereocenters. The Morgan fingerprint density at radius 3 is 2.36 bits per heavy atom. The maximum absolute atomic E-state index is 6.35. The summed E-state index contributed by atoms with van der Waals surface area (Å²) in [6.07, 6.45) is 5.01. The van der Waals surface area contributed by atoms with Crippen LogP contribution in [0, 0.1) is 0 Å². The Hall–Kier alpha value is -1.51. The predicted octanol–water partition coefficient (Wildman–Crippen LogP) is 4.67. The lowest BCUT2D eigenvalue weighted by atomic mass is 10.0. The van der Waals surface area contributed by atoms with Crippen LogP contribution in [-0.2, 0) is 0 Å². The van der Waals surface area contributed by atoms with Crippen molar-refractivity contribution in [2.75, 3.05) is 0 Å². The minimum absolute atomic E-state index is 0.280. The van der Waals surface area contributed by atoms with Crippen LogP contribution in [0.5, 0.6) is 5.75 Å². The first-order valence-electron chi connectivity index (χ1n) is 8.05. The summed E-state index contributed by atoms with van der Waals surface area (Å²) in [7, 11) is 0. The zero-order valence-electron chi connectivity index (χ0n) is 12.5. The van der Waals surface area contributed by atoms with Crippen LogP contribution >= 0.6 is 11.6 Å². The first-order chi connectivity index (χ1) is 10.8. The van der Waals surface area contributed by atoms with Gasteiger partial charge in [0, 0.05) is 12.1 Å². The number of piperidine rings is 1. The second-order valence-electron chi connectivity index (χ2n) is 6.36. The van der Waals surface area contributed by atoms with Gasteiger partial charge in [0.1, 0.15) is 11.9 Å². The molecule has 0 aromatic heterocycles. The van der Waals surface area contributed by atoms with Gasteiger partial charge in [0.05, 0.1) is 5.02 Å². The molecule has 1 unspecified atom stereocenters. The fourth-order valence-electron chi connectivity index (χ4n) is 3.68. The van der Waals surface area contributed by atoms with Gasteiger partial charge in [-0.1, -0.05) is 48.0 Å². The van der Waals surface area contributed by atoms with Crippen LogP contribution in [0.4, 0.5) is 0 Å². The third-order valence-electron chi connectivity index (χ3n) is 4.76. The number of nitrogens with one attached hydrogen (secondary N) is 1. The second-order valence-corrected chi connectivity index (χ2v) is 6.77. The average molecular weight is 314 g/mol. The van der Waals surface area contributed by atoms with E-state index in [-0.39, 0.29) is 6.10 Å². The van der Waals surface area contributed by atoms with E-state index in [0.717, 1.165) is 24.2 Å². The van der Waals surface area contributed by atoms with Crippen LogP contribution in [0.1, 0.15) is 25.7 Å². The SMILES string of the molecule is Clc1ccc(-c2ccccc2)cc1OC1C[C@H]2CC[C@@H](C1)N2. The molecular formula is C19H20ClNO. The number of rotatable bonds is 3. The number of benzene rings is 2. The largest absolute Gasteiger partial charge is 0.489 e. The maximum atomic E-state index is 6.35. The van der Waals surface area contributed by atoms with Gasteiger partial charge < -0.3 is 10.1 Å². The molecule has 0 amide bonds. The molecule has 2 nitrogen and oxygen atoms in total. The molecule has 2 aliphatic rings. The molecule has 2 fully saturated rings. The van der Waals surface area contributed by atoms with Crippen LogP contribution < -0.4 is 10.1 Å². The summed E-state index contributed by atoms with van der Waals surface area (Å²) in [6.45, 7) is 0. The van der Waals surface area contributed by atoms with Gasteiger partial charge in [-0.25, -0.2) is 0 Å². The number of fused-ring (bicyclic) bond motifs is 2. The van der Waals surface area contributed by atoms with Crippen LogP contribution in [0.3, 0.4) is 0 Å². The molecule has 114 valence electrons. The van der Waals surface area contributed by atoms with Crippen molar-refractivity contribution >= 4 is 11.6 Å². The van der Waals surface area contributed by atoms with Gasteiger partial charge in [-0.15, -0.1) is 0 Å². The Morgan fingerprint density at radius 1 is 0.909 bits per heavy atom. The van der Waals surface area contributed by atoms with Gasteiger partial charge in [-0.2, -0.15) is 0 Å². The Labute approximate surface area is 136 Å². The maximum Gasteiger partial charge on any atom is 0.138 e. The Bertz CT molecular complexity index is 646. The average Bonchev–Trinajstić information content (AvgIpc) is 2.89. The van der Waals surface area contributed by atoms with Gasteiger partial charge in [-0.3, -0.25) is 0 Å². The first kappa shape index (κ1) is 14.1. The lowest BCUT2D eigenvalue weighted by Gasteiger charge is -2.30. The highest BCUT2D eigenvalue weighted by atomic mass is 35.5. The second kappa shape index (κ2) is 5.94. The molecule has 0 radical (unpaired) electrons. The summed E-state index contributed by atoms with van der Waals surface area (Å²) >= 11 is 6.35. The zero-order valence-corrected chi connectivity index (χ0v) is 13.2. The highest BCUT2D eigenvalue weighted by Gasteiger charge is 2.34. The van der Waals surface area contributed by atoms with Crippen molar-refractivity contribution in [3.8, 4) is 16.9 Å². The molecule has 0 saturated carbocycles. The third kappa shape index (κ3) is 2.86. The number of halogens is 1. The van der Waals surface area contributed by atoms with Crippen LogP contribution in [0.15, 0.2) is 48.5 Å². The van der Waals surface area contributed by atoms with Crippen molar-refractivity contribution in [3.05, 3.63) is 53.6 Å². The summed E-state index contributed by atoms with van der Waals surface area (Å²) in [5, 5.41) is 4.34. The van der Waals surface area contributed by atoms with Gasteiger partial charge in [0.15, 0.2) is 0 Å². The minimum atomic E-state index is 0.280. The molecule has 0 aliphatic carbocycles. The molecule has 2 aliphatic heterocycles. The summed E-state index contributed by atoms with van der Waals surface area (Å²) in [5.41, 5.74) is 2.34. The summed E-state index contributed by atoms with van der Waals surface area (Å²) in [6, 6.07) is 17.7. The van der Waals surface area contributed by atoms with E-state index in [0.29, 0.717) is 17.1 Å². The Kier molecular flexibility index (Phi) is 3.81. The van der Waals surface area contributed by atoms with Crippen molar-refractivity contribution in [1.82, 2.24) is 5.32 Å². The standard InChI is InChI=1S/C19H20ClNO/c20-18-9-6-14(13-4-2-1-3-5-13)10-19(18)22-17-11-15-7-8-16(12-17)21-15/h1-6,9-10,15-17,21H,7-8,11-12H2/t15-,16+,17?. The Morgan fingerprint density at radius 2 is 1.64 bits per heavy atom. The Balaban J connectivity index is 1.56. The molecule has 2 aromatic carbocycles. The number of hydrogen-bond acceptors (Lipinski definition) is 2. The highest BCUT2D eigenvalue weighted by Crippen LogP contribution is 2.35. The summed E-state index contributed by atoms with van der Waals surface area (Å²) in [4.78, 5) is 0. The molecular weight excluding hydrogens is 294 g/mol. The van der Waals surface area contributed by atoms with Crippen molar-refractivity contribution in [2.45, 2.75) is 43.9 Å². The molecule has 2 aromatic rings. The predicted molar refractivity (Wildman–Crippen MR) is 90.5 cm³/mol. The highest BCUT2D eigenvalue weighted by molar-refractivity contribution is 6.32. The molecule has 0 spiro atoms. The van der Waals surface area contributed by atoms with E-state index >= 15 is 0 Å². The molecule has 2 saturated heterocycles. The van der Waals surface area contributed by atoms with Gasteiger partial charge in [0.25, 0.3) is 0 Å². The zero-order chi connectivity index (χ0) is 14.9. The molecule has 1 N–H and O–H groups in total. The van der Waals surface area contributed by atoms with Gasteiger partial charge in [-0.05, 0) is 48.9 Å². The molecule has 2 heterocycles. The van der Waals surface area contributed by atoms with E-state index < -0.39 is 0 Å². The van der Waals surface area contributed by atoms with E-state index in [2.05, 4.69) is 41.7 Å². The van der Waals surface area contributed by atoms with Crippen molar-refractivity contribution in [1.29, 1.82) is 0 Å². The molecule has 2 bridgehead atoms. The van der Waals surface area contributed by atoms with Crippen molar-refractivity contribution in [2.24, 2.45) is 0 Å². The molecule has 22 heavy (non-hydrogen) atoms. The van der Waals surface area contributed by atoms with E-state index in [1.54, 1.807) is 0 Å². The van der Waals surface area contributed by atoms with Crippen LogP contribution in [0.25, 0.3) is 11.1 Å². The topological polar surface area (TPSA) is 21.3 Å².